The Bertz CT molecular complexity index is 1810. The van der Waals surface area contributed by atoms with Crippen molar-refractivity contribution in [2.75, 3.05) is 13.1 Å². The number of hydrogen-bond donors (Lipinski definition) is 2. The van der Waals surface area contributed by atoms with Gasteiger partial charge in [-0.1, -0.05) is 73.1 Å². The number of ketones is 1. The van der Waals surface area contributed by atoms with Crippen LogP contribution in [0.25, 0.3) is 0 Å². The summed E-state index contributed by atoms with van der Waals surface area (Å²) in [5.41, 5.74) is -1.35. The number of aryl methyl sites for hydroxylation is 1. The number of fused-ring (bicyclic) bond motifs is 3. The first kappa shape index (κ1) is 39.5. The van der Waals surface area contributed by atoms with E-state index in [9.17, 15) is 19.8 Å². The Labute approximate surface area is 341 Å². The van der Waals surface area contributed by atoms with E-state index in [1.807, 2.05) is 11.0 Å². The number of aliphatic hydroxyl groups is 2. The standard InChI is InChI=1S/C49H71NO5S/c1-29(2)35-13-9-30(3)23-38(35)55-43(53)50(27-32-11-12-33-24-36(32)44(33,5)6)28-48(54)20-17-41-46(48,8)19-16-40-45(7)18-15-34(51)25-47(45)21-22-49(40,41)37(26-47)42(52)39-14-10-31(4)56-39/h10,14,21-22,26,29-30,32-36,38,40-41,51,54H,9,11-13,15-20,23-25,27-28H2,1-8H3. The molecular formula is C49H71NO5S. The van der Waals surface area contributed by atoms with E-state index in [-0.39, 0.29) is 53.3 Å². The van der Waals surface area contributed by atoms with Crippen molar-refractivity contribution in [3.8, 4) is 0 Å². The smallest absolute Gasteiger partial charge is 0.410 e. The predicted octanol–water partition coefficient (Wildman–Crippen LogP) is 10.8. The summed E-state index contributed by atoms with van der Waals surface area (Å²) in [5, 5.41) is 24.5. The van der Waals surface area contributed by atoms with Crippen LogP contribution in [0.2, 0.25) is 0 Å². The average Bonchev–Trinajstić information content (AvgIpc) is 3.70. The Morgan fingerprint density at radius 2 is 1.66 bits per heavy atom. The van der Waals surface area contributed by atoms with E-state index in [0.29, 0.717) is 54.4 Å². The van der Waals surface area contributed by atoms with E-state index in [1.165, 1.54) is 19.3 Å². The van der Waals surface area contributed by atoms with Gasteiger partial charge in [-0.05, 0) is 154 Å². The van der Waals surface area contributed by atoms with Crippen molar-refractivity contribution in [2.45, 2.75) is 157 Å². The molecule has 1 aromatic rings. The van der Waals surface area contributed by atoms with Crippen molar-refractivity contribution in [1.29, 1.82) is 0 Å². The minimum absolute atomic E-state index is 0.0524. The molecule has 2 spiro atoms. The quantitative estimate of drug-likeness (QED) is 0.202. The molecule has 308 valence electrons. The highest BCUT2D eigenvalue weighted by atomic mass is 32.1. The highest BCUT2D eigenvalue weighted by molar-refractivity contribution is 7.14. The predicted molar refractivity (Wildman–Crippen MR) is 223 cm³/mol. The monoisotopic (exact) mass is 786 g/mol. The first-order valence-corrected chi connectivity index (χ1v) is 23.6. The summed E-state index contributed by atoms with van der Waals surface area (Å²) in [7, 11) is 0. The van der Waals surface area contributed by atoms with Gasteiger partial charge in [0.25, 0.3) is 0 Å². The molecule has 2 N–H and O–H groups in total. The van der Waals surface area contributed by atoms with Crippen molar-refractivity contribution < 1.29 is 24.5 Å². The van der Waals surface area contributed by atoms with E-state index in [2.05, 4.69) is 79.7 Å². The summed E-state index contributed by atoms with van der Waals surface area (Å²) >= 11 is 1.58. The van der Waals surface area contributed by atoms with E-state index in [0.717, 1.165) is 72.6 Å². The number of carbonyl (C=O) groups excluding carboxylic acids is 2. The number of hydrogen-bond acceptors (Lipinski definition) is 6. The van der Waals surface area contributed by atoms with Crippen molar-refractivity contribution in [1.82, 2.24) is 4.90 Å². The van der Waals surface area contributed by atoms with Crippen LogP contribution in [0.4, 0.5) is 4.79 Å². The molecule has 7 heteroatoms. The SMILES string of the molecule is Cc1ccc(C(=O)C2=CC34C=CC25C(CCC2(C)C5CCC2(O)CN(CC2CCC5CC2C5(C)C)C(=O)OC2CC(C)CCC2C(C)C)C3(C)CCC(O)C4)s1. The van der Waals surface area contributed by atoms with E-state index >= 15 is 0 Å². The number of carbonyl (C=O) groups is 2. The molecule has 1 heterocycles. The van der Waals surface area contributed by atoms with Crippen LogP contribution in [0.15, 0.2) is 35.9 Å². The molecule has 7 fully saturated rings. The van der Waals surface area contributed by atoms with Crippen molar-refractivity contribution in [3.05, 3.63) is 45.7 Å². The van der Waals surface area contributed by atoms with Crippen LogP contribution < -0.4 is 0 Å². The number of thiophene rings is 1. The van der Waals surface area contributed by atoms with Gasteiger partial charge in [-0.3, -0.25) is 4.79 Å². The zero-order chi connectivity index (χ0) is 39.8. The number of allylic oxidation sites excluding steroid dienone is 4. The van der Waals surface area contributed by atoms with Crippen molar-refractivity contribution >= 4 is 23.2 Å². The summed E-state index contributed by atoms with van der Waals surface area (Å²) in [4.78, 5) is 33.7. The molecule has 1 aromatic heterocycles. The Morgan fingerprint density at radius 3 is 2.36 bits per heavy atom. The first-order chi connectivity index (χ1) is 26.4. The van der Waals surface area contributed by atoms with E-state index < -0.39 is 16.4 Å². The number of rotatable bonds is 8. The first-order valence-electron chi connectivity index (χ1n) is 22.8. The normalized spacial score (nSPS) is 47.0. The molecule has 14 atom stereocenters. The lowest BCUT2D eigenvalue weighted by atomic mass is 9.32. The number of ether oxygens (including phenoxy) is 1. The molecule has 14 unspecified atom stereocenters. The number of nitrogens with zero attached hydrogens (tertiary/aromatic N) is 1. The summed E-state index contributed by atoms with van der Waals surface area (Å²) in [6.45, 7) is 19.5. The molecule has 6 nitrogen and oxygen atoms in total. The zero-order valence-electron chi connectivity index (χ0n) is 35.7. The van der Waals surface area contributed by atoms with Gasteiger partial charge in [-0.25, -0.2) is 4.79 Å². The number of aliphatic hydroxyl groups excluding tert-OH is 1. The van der Waals surface area contributed by atoms with Gasteiger partial charge in [-0.15, -0.1) is 11.3 Å². The summed E-state index contributed by atoms with van der Waals surface area (Å²) in [6, 6.07) is 4.05. The molecule has 10 aliphatic carbocycles. The van der Waals surface area contributed by atoms with Crippen LogP contribution in [0.3, 0.4) is 0 Å². The lowest BCUT2D eigenvalue weighted by molar-refractivity contribution is -0.177. The minimum atomic E-state index is -1.11. The van der Waals surface area contributed by atoms with Gasteiger partial charge in [0.2, 0.25) is 0 Å². The topological polar surface area (TPSA) is 87.1 Å². The maximum Gasteiger partial charge on any atom is 0.410 e. The highest BCUT2D eigenvalue weighted by Gasteiger charge is 2.75. The number of Topliss-reactive ketones (excluding diaryl/α,β-unsaturated/α-hetero) is 1. The van der Waals surface area contributed by atoms with E-state index in [1.54, 1.807) is 11.3 Å². The molecule has 0 aliphatic heterocycles. The molecule has 11 rings (SSSR count). The second-order valence-corrected chi connectivity index (χ2v) is 23.7. The van der Waals surface area contributed by atoms with Crippen LogP contribution in [-0.2, 0) is 4.74 Å². The van der Waals surface area contributed by atoms with Crippen LogP contribution in [0.1, 0.15) is 146 Å². The summed E-state index contributed by atoms with van der Waals surface area (Å²) < 4.78 is 6.67. The maximum atomic E-state index is 14.9. The third-order valence-electron chi connectivity index (χ3n) is 19.3. The Kier molecular flexibility index (Phi) is 9.36. The van der Waals surface area contributed by atoms with Gasteiger partial charge in [0, 0.05) is 33.2 Å². The second-order valence-electron chi connectivity index (χ2n) is 22.4. The van der Waals surface area contributed by atoms with Crippen molar-refractivity contribution in [2.24, 2.45) is 74.4 Å². The molecule has 0 aromatic carbocycles. The molecule has 7 saturated carbocycles. The Balaban J connectivity index is 1.07. The molecule has 0 radical (unpaired) electrons. The molecule has 10 aliphatic rings. The van der Waals surface area contributed by atoms with Gasteiger partial charge < -0.3 is 19.8 Å². The molecule has 4 bridgehead atoms. The fourth-order valence-corrected chi connectivity index (χ4v) is 16.5. The number of amides is 1. The van der Waals surface area contributed by atoms with Crippen LogP contribution in [0, 0.1) is 81.3 Å². The molecule has 56 heavy (non-hydrogen) atoms. The zero-order valence-corrected chi connectivity index (χ0v) is 36.6. The van der Waals surface area contributed by atoms with Gasteiger partial charge in [0.05, 0.1) is 23.1 Å². The van der Waals surface area contributed by atoms with Crippen LogP contribution in [-0.4, -0.2) is 57.9 Å². The lowest BCUT2D eigenvalue weighted by Crippen LogP contribution is -2.67. The minimum Gasteiger partial charge on any atom is -0.446 e. The average molecular weight is 786 g/mol. The summed E-state index contributed by atoms with van der Waals surface area (Å²) in [6.07, 6.45) is 18.8. The fourth-order valence-electron chi connectivity index (χ4n) is 15.7. The maximum absolute atomic E-state index is 14.9. The van der Waals surface area contributed by atoms with Crippen LogP contribution in [0.5, 0.6) is 0 Å². The second kappa shape index (κ2) is 13.3. The van der Waals surface area contributed by atoms with Gasteiger partial charge >= 0.3 is 6.09 Å². The summed E-state index contributed by atoms with van der Waals surface area (Å²) in [5.74, 6) is 3.55. The third-order valence-corrected chi connectivity index (χ3v) is 20.3. The third kappa shape index (κ3) is 5.50. The molecular weight excluding hydrogens is 715 g/mol. The fraction of sp³-hybridized carbons (Fsp3) is 0.796. The largest absolute Gasteiger partial charge is 0.446 e. The van der Waals surface area contributed by atoms with Gasteiger partial charge in [-0.2, -0.15) is 0 Å². The Hall–Kier alpha value is -1.96. The lowest BCUT2D eigenvalue weighted by Gasteiger charge is -2.71. The van der Waals surface area contributed by atoms with Gasteiger partial charge in [0.15, 0.2) is 5.78 Å². The highest BCUT2D eigenvalue weighted by Crippen LogP contribution is 2.78. The van der Waals surface area contributed by atoms with Gasteiger partial charge in [0.1, 0.15) is 6.10 Å². The molecule has 0 saturated heterocycles. The Morgan fingerprint density at radius 1 is 0.929 bits per heavy atom. The van der Waals surface area contributed by atoms with Crippen LogP contribution >= 0.6 is 11.3 Å². The van der Waals surface area contributed by atoms with E-state index in [4.69, 9.17) is 4.74 Å². The molecule has 1 amide bonds. The van der Waals surface area contributed by atoms with Crippen molar-refractivity contribution in [3.63, 3.8) is 0 Å².